The van der Waals surface area contributed by atoms with Crippen molar-refractivity contribution in [3.63, 3.8) is 0 Å². The molecular formula is C17H11Cl2N3O2. The Labute approximate surface area is 147 Å². The first-order valence-electron chi connectivity index (χ1n) is 6.92. The molecule has 1 aromatic carbocycles. The average molecular weight is 360 g/mol. The summed E-state index contributed by atoms with van der Waals surface area (Å²) in [7, 11) is 0. The van der Waals surface area contributed by atoms with Crippen molar-refractivity contribution in [1.29, 1.82) is 0 Å². The van der Waals surface area contributed by atoms with Gasteiger partial charge in [-0.1, -0.05) is 23.2 Å². The zero-order valence-electron chi connectivity index (χ0n) is 12.2. The molecule has 2 aromatic heterocycles. The molecule has 0 atom stereocenters. The summed E-state index contributed by atoms with van der Waals surface area (Å²) in [6.07, 6.45) is 4.46. The highest BCUT2D eigenvalue weighted by atomic mass is 35.5. The zero-order chi connectivity index (χ0) is 16.9. The Morgan fingerprint density at radius 2 is 2.04 bits per heavy atom. The largest absolute Gasteiger partial charge is 0.455 e. The summed E-state index contributed by atoms with van der Waals surface area (Å²) in [4.78, 5) is 15.7. The molecule has 5 nitrogen and oxygen atoms in total. The fraction of sp³-hybridized carbons (Fsp3) is 0. The van der Waals surface area contributed by atoms with Crippen LogP contribution in [0.25, 0.3) is 11.3 Å². The molecule has 0 saturated heterocycles. The fourth-order valence-corrected chi connectivity index (χ4v) is 2.24. The Bertz CT molecular complexity index is 892. The molecule has 0 fully saturated rings. The Morgan fingerprint density at radius 3 is 2.79 bits per heavy atom. The predicted molar refractivity (Wildman–Crippen MR) is 93.5 cm³/mol. The van der Waals surface area contributed by atoms with E-state index in [2.05, 4.69) is 15.5 Å². The maximum Gasteiger partial charge on any atom is 0.272 e. The number of furan rings is 1. The van der Waals surface area contributed by atoms with Crippen LogP contribution < -0.4 is 5.43 Å². The Hall–Kier alpha value is -2.63. The summed E-state index contributed by atoms with van der Waals surface area (Å²) in [6.45, 7) is 0. The molecular weight excluding hydrogens is 349 g/mol. The minimum absolute atomic E-state index is 0.351. The number of hydrazone groups is 1. The third kappa shape index (κ3) is 3.82. The van der Waals surface area contributed by atoms with Gasteiger partial charge >= 0.3 is 0 Å². The summed E-state index contributed by atoms with van der Waals surface area (Å²) >= 11 is 11.9. The second-order valence-electron chi connectivity index (χ2n) is 4.77. The first-order chi connectivity index (χ1) is 11.6. The van der Waals surface area contributed by atoms with Crippen molar-refractivity contribution in [3.05, 3.63) is 76.2 Å². The molecule has 0 spiro atoms. The fourth-order valence-electron chi connectivity index (χ4n) is 1.94. The van der Waals surface area contributed by atoms with Gasteiger partial charge in [0, 0.05) is 18.0 Å². The summed E-state index contributed by atoms with van der Waals surface area (Å²) in [5, 5.41) is 4.79. The molecule has 1 amide bonds. The Balaban J connectivity index is 1.67. The maximum absolute atomic E-state index is 11.8. The smallest absolute Gasteiger partial charge is 0.272 e. The summed E-state index contributed by atoms with van der Waals surface area (Å²) in [6, 6.07) is 12.1. The standard InChI is InChI=1S/C17H11Cl2N3O2/c18-14-5-3-11(8-15(14)19)16-6-4-13(24-16)10-21-22-17(23)12-2-1-7-20-9-12/h1-10H,(H,22,23)/b21-10+. The third-order valence-corrected chi connectivity index (χ3v) is 3.85. The quantitative estimate of drug-likeness (QED) is 0.554. The number of pyridine rings is 1. The topological polar surface area (TPSA) is 67.5 Å². The van der Waals surface area contributed by atoms with Crippen LogP contribution in [0.5, 0.6) is 0 Å². The molecule has 0 aliphatic heterocycles. The van der Waals surface area contributed by atoms with E-state index in [0.717, 1.165) is 5.56 Å². The SMILES string of the molecule is O=C(N/N=C/c1ccc(-c2ccc(Cl)c(Cl)c2)o1)c1cccnc1. The average Bonchev–Trinajstić information content (AvgIpc) is 3.07. The van der Waals surface area contributed by atoms with Crippen LogP contribution >= 0.6 is 23.2 Å². The lowest BCUT2D eigenvalue weighted by atomic mass is 10.2. The predicted octanol–water partition coefficient (Wildman–Crippen LogP) is 4.41. The summed E-state index contributed by atoms with van der Waals surface area (Å²) in [5.41, 5.74) is 3.62. The van der Waals surface area contributed by atoms with Gasteiger partial charge in [-0.05, 0) is 42.5 Å². The van der Waals surface area contributed by atoms with Gasteiger partial charge in [-0.15, -0.1) is 0 Å². The van der Waals surface area contributed by atoms with Crippen molar-refractivity contribution in [3.8, 4) is 11.3 Å². The molecule has 0 radical (unpaired) electrons. The van der Waals surface area contributed by atoms with Crippen LogP contribution in [-0.4, -0.2) is 17.1 Å². The highest BCUT2D eigenvalue weighted by molar-refractivity contribution is 6.42. The lowest BCUT2D eigenvalue weighted by molar-refractivity contribution is 0.0955. The van der Waals surface area contributed by atoms with Crippen molar-refractivity contribution >= 4 is 35.3 Å². The highest BCUT2D eigenvalue weighted by Gasteiger charge is 2.07. The number of hydrogen-bond donors (Lipinski definition) is 1. The van der Waals surface area contributed by atoms with Crippen molar-refractivity contribution in [2.75, 3.05) is 0 Å². The van der Waals surface area contributed by atoms with E-state index in [0.29, 0.717) is 27.1 Å². The minimum Gasteiger partial charge on any atom is -0.455 e. The van der Waals surface area contributed by atoms with E-state index in [1.807, 2.05) is 0 Å². The maximum atomic E-state index is 11.8. The lowest BCUT2D eigenvalue weighted by Gasteiger charge is -1.99. The van der Waals surface area contributed by atoms with Gasteiger partial charge < -0.3 is 4.42 Å². The van der Waals surface area contributed by atoms with Gasteiger partial charge in [0.2, 0.25) is 0 Å². The number of aromatic nitrogens is 1. The van der Waals surface area contributed by atoms with Crippen LogP contribution in [0, 0.1) is 0 Å². The van der Waals surface area contributed by atoms with E-state index < -0.39 is 0 Å². The summed E-state index contributed by atoms with van der Waals surface area (Å²) < 4.78 is 5.64. The first kappa shape index (κ1) is 16.2. The molecule has 3 aromatic rings. The van der Waals surface area contributed by atoms with E-state index in [1.54, 1.807) is 48.7 Å². The molecule has 1 N–H and O–H groups in total. The highest BCUT2D eigenvalue weighted by Crippen LogP contribution is 2.29. The van der Waals surface area contributed by atoms with E-state index in [4.69, 9.17) is 27.6 Å². The number of halogens is 2. The first-order valence-corrected chi connectivity index (χ1v) is 7.68. The molecule has 3 rings (SSSR count). The van der Waals surface area contributed by atoms with Gasteiger partial charge in [-0.2, -0.15) is 5.10 Å². The Morgan fingerprint density at radius 1 is 1.17 bits per heavy atom. The zero-order valence-corrected chi connectivity index (χ0v) is 13.8. The Kier molecular flexibility index (Phi) is 4.93. The van der Waals surface area contributed by atoms with Gasteiger partial charge in [-0.3, -0.25) is 9.78 Å². The lowest BCUT2D eigenvalue weighted by Crippen LogP contribution is -2.17. The number of carbonyl (C=O) groups excluding carboxylic acids is 1. The number of benzene rings is 1. The van der Waals surface area contributed by atoms with Gasteiger partial charge in [0.25, 0.3) is 5.91 Å². The number of nitrogens with one attached hydrogen (secondary N) is 1. The molecule has 2 heterocycles. The van der Waals surface area contributed by atoms with E-state index in [1.165, 1.54) is 12.4 Å². The molecule has 0 aliphatic rings. The van der Waals surface area contributed by atoms with Crippen LogP contribution in [0.2, 0.25) is 10.0 Å². The molecule has 24 heavy (non-hydrogen) atoms. The number of rotatable bonds is 4. The van der Waals surface area contributed by atoms with Crippen LogP contribution in [0.4, 0.5) is 0 Å². The van der Waals surface area contributed by atoms with Gasteiger partial charge in [0.15, 0.2) is 0 Å². The van der Waals surface area contributed by atoms with Crippen LogP contribution in [0.1, 0.15) is 16.1 Å². The van der Waals surface area contributed by atoms with Crippen molar-refractivity contribution in [1.82, 2.24) is 10.4 Å². The second-order valence-corrected chi connectivity index (χ2v) is 5.59. The molecule has 0 bridgehead atoms. The second kappa shape index (κ2) is 7.29. The van der Waals surface area contributed by atoms with Crippen molar-refractivity contribution < 1.29 is 9.21 Å². The van der Waals surface area contributed by atoms with Gasteiger partial charge in [0.05, 0.1) is 21.8 Å². The molecule has 120 valence electrons. The number of hydrogen-bond acceptors (Lipinski definition) is 4. The van der Waals surface area contributed by atoms with Gasteiger partial charge in [-0.25, -0.2) is 5.43 Å². The van der Waals surface area contributed by atoms with E-state index >= 15 is 0 Å². The van der Waals surface area contributed by atoms with Crippen LogP contribution in [0.15, 0.2) is 64.4 Å². The van der Waals surface area contributed by atoms with Crippen LogP contribution in [0.3, 0.4) is 0 Å². The van der Waals surface area contributed by atoms with Crippen molar-refractivity contribution in [2.24, 2.45) is 5.10 Å². The number of amides is 1. The number of carbonyl (C=O) groups is 1. The van der Waals surface area contributed by atoms with E-state index in [-0.39, 0.29) is 5.91 Å². The summed E-state index contributed by atoms with van der Waals surface area (Å²) in [5.74, 6) is 0.756. The van der Waals surface area contributed by atoms with Gasteiger partial charge in [0.1, 0.15) is 11.5 Å². The van der Waals surface area contributed by atoms with E-state index in [9.17, 15) is 4.79 Å². The minimum atomic E-state index is -0.351. The van der Waals surface area contributed by atoms with Crippen LogP contribution in [-0.2, 0) is 0 Å². The number of nitrogens with zero attached hydrogens (tertiary/aromatic N) is 2. The monoisotopic (exact) mass is 359 g/mol. The van der Waals surface area contributed by atoms with Crippen molar-refractivity contribution in [2.45, 2.75) is 0 Å². The molecule has 0 aliphatic carbocycles. The third-order valence-electron chi connectivity index (χ3n) is 3.11. The molecule has 0 unspecified atom stereocenters. The molecule has 0 saturated carbocycles. The normalized spacial score (nSPS) is 10.9. The molecule has 7 heteroatoms.